The predicted molar refractivity (Wildman–Crippen MR) is 66.4 cm³/mol. The number of urea groups is 1. The van der Waals surface area contributed by atoms with E-state index in [1.54, 1.807) is 4.90 Å². The van der Waals surface area contributed by atoms with Crippen molar-refractivity contribution >= 4 is 12.0 Å². The van der Waals surface area contributed by atoms with E-state index in [-0.39, 0.29) is 18.0 Å². The summed E-state index contributed by atoms with van der Waals surface area (Å²) in [6, 6.07) is 0.224. The second-order valence-electron chi connectivity index (χ2n) is 5.07. The van der Waals surface area contributed by atoms with E-state index in [4.69, 9.17) is 5.11 Å². The highest BCUT2D eigenvalue weighted by Gasteiger charge is 2.28. The first-order chi connectivity index (χ1) is 8.66. The lowest BCUT2D eigenvalue weighted by Gasteiger charge is -2.32. The standard InChI is InChI=1S/C12H21N3O3/c16-11(17)9-3-7-15(8-4-9)12(18)14-10-1-5-13-6-2-10/h9-10,13H,1-8H2,(H,14,18)(H,16,17). The van der Waals surface area contributed by atoms with E-state index < -0.39 is 5.97 Å². The number of nitrogens with zero attached hydrogens (tertiary/aromatic N) is 1. The highest BCUT2D eigenvalue weighted by atomic mass is 16.4. The van der Waals surface area contributed by atoms with Crippen molar-refractivity contribution in [3.8, 4) is 0 Å². The Hall–Kier alpha value is -1.30. The molecule has 0 radical (unpaired) electrons. The average molecular weight is 255 g/mol. The molecule has 18 heavy (non-hydrogen) atoms. The molecule has 0 unspecified atom stereocenters. The molecular weight excluding hydrogens is 234 g/mol. The van der Waals surface area contributed by atoms with Crippen LogP contribution < -0.4 is 10.6 Å². The number of carbonyl (C=O) groups excluding carboxylic acids is 1. The summed E-state index contributed by atoms with van der Waals surface area (Å²) < 4.78 is 0. The van der Waals surface area contributed by atoms with Crippen molar-refractivity contribution in [2.75, 3.05) is 26.2 Å². The molecule has 2 heterocycles. The van der Waals surface area contributed by atoms with Crippen LogP contribution in [0.4, 0.5) is 4.79 Å². The summed E-state index contributed by atoms with van der Waals surface area (Å²) in [6.07, 6.45) is 3.07. The van der Waals surface area contributed by atoms with Gasteiger partial charge in [-0.15, -0.1) is 0 Å². The van der Waals surface area contributed by atoms with Gasteiger partial charge < -0.3 is 20.6 Å². The molecule has 0 aromatic rings. The van der Waals surface area contributed by atoms with E-state index in [1.165, 1.54) is 0 Å². The summed E-state index contributed by atoms with van der Waals surface area (Å²) >= 11 is 0. The number of nitrogens with one attached hydrogen (secondary N) is 2. The lowest BCUT2D eigenvalue weighted by Crippen LogP contribution is -2.50. The number of likely N-dealkylation sites (tertiary alicyclic amines) is 1. The summed E-state index contributed by atoms with van der Waals surface area (Å²) in [5, 5.41) is 15.2. The van der Waals surface area contributed by atoms with Crippen LogP contribution in [0.25, 0.3) is 0 Å². The summed E-state index contributed by atoms with van der Waals surface area (Å²) in [5.41, 5.74) is 0. The second-order valence-corrected chi connectivity index (χ2v) is 5.07. The van der Waals surface area contributed by atoms with E-state index in [2.05, 4.69) is 10.6 Å². The SMILES string of the molecule is O=C(O)C1CCN(C(=O)NC2CCNCC2)CC1. The van der Waals surface area contributed by atoms with E-state index in [0.717, 1.165) is 25.9 Å². The summed E-state index contributed by atoms with van der Waals surface area (Å²) in [4.78, 5) is 24.5. The fraction of sp³-hybridized carbons (Fsp3) is 0.833. The van der Waals surface area contributed by atoms with E-state index in [1.807, 2.05) is 0 Å². The largest absolute Gasteiger partial charge is 0.481 e. The highest BCUT2D eigenvalue weighted by Crippen LogP contribution is 2.17. The van der Waals surface area contributed by atoms with Crippen LogP contribution in [-0.4, -0.2) is 54.2 Å². The van der Waals surface area contributed by atoms with Crippen LogP contribution in [0.15, 0.2) is 0 Å². The van der Waals surface area contributed by atoms with Gasteiger partial charge in [0.1, 0.15) is 0 Å². The average Bonchev–Trinajstić information content (AvgIpc) is 2.40. The molecule has 0 aromatic carbocycles. The first-order valence-electron chi connectivity index (χ1n) is 6.66. The first kappa shape index (κ1) is 13.1. The molecule has 0 aliphatic carbocycles. The molecule has 2 aliphatic rings. The van der Waals surface area contributed by atoms with Gasteiger partial charge in [0.2, 0.25) is 0 Å². The van der Waals surface area contributed by atoms with Gasteiger partial charge in [0.15, 0.2) is 0 Å². The van der Waals surface area contributed by atoms with Crippen LogP contribution in [0.1, 0.15) is 25.7 Å². The Morgan fingerprint density at radius 2 is 1.72 bits per heavy atom. The van der Waals surface area contributed by atoms with Gasteiger partial charge in [0.05, 0.1) is 5.92 Å². The Morgan fingerprint density at radius 1 is 1.11 bits per heavy atom. The molecule has 6 heteroatoms. The molecular formula is C12H21N3O3. The topological polar surface area (TPSA) is 81.7 Å². The van der Waals surface area contributed by atoms with Crippen molar-refractivity contribution in [2.24, 2.45) is 5.92 Å². The zero-order valence-corrected chi connectivity index (χ0v) is 10.5. The number of carbonyl (C=O) groups is 2. The molecule has 2 aliphatic heterocycles. The maximum Gasteiger partial charge on any atom is 0.317 e. The van der Waals surface area contributed by atoms with Gasteiger partial charge in [-0.3, -0.25) is 4.79 Å². The van der Waals surface area contributed by atoms with Gasteiger partial charge in [-0.05, 0) is 38.8 Å². The summed E-state index contributed by atoms with van der Waals surface area (Å²) in [7, 11) is 0. The number of carboxylic acid groups (broad SMARTS) is 1. The third kappa shape index (κ3) is 3.35. The summed E-state index contributed by atoms with van der Waals surface area (Å²) in [5.74, 6) is -1.03. The van der Waals surface area contributed by atoms with Crippen LogP contribution in [-0.2, 0) is 4.79 Å². The number of amides is 2. The van der Waals surface area contributed by atoms with E-state index in [0.29, 0.717) is 25.9 Å². The van der Waals surface area contributed by atoms with Crippen LogP contribution in [0, 0.1) is 5.92 Å². The molecule has 0 atom stereocenters. The van der Waals surface area contributed by atoms with Crippen molar-refractivity contribution < 1.29 is 14.7 Å². The monoisotopic (exact) mass is 255 g/mol. The van der Waals surface area contributed by atoms with Crippen molar-refractivity contribution in [2.45, 2.75) is 31.7 Å². The number of hydrogen-bond acceptors (Lipinski definition) is 3. The molecule has 2 fully saturated rings. The first-order valence-corrected chi connectivity index (χ1v) is 6.66. The Bertz CT molecular complexity index is 308. The van der Waals surface area contributed by atoms with Crippen molar-refractivity contribution in [3.63, 3.8) is 0 Å². The Kier molecular flexibility index (Phi) is 4.41. The van der Waals surface area contributed by atoms with Gasteiger partial charge in [0.25, 0.3) is 0 Å². The molecule has 0 bridgehead atoms. The minimum atomic E-state index is -0.742. The number of carboxylic acids is 1. The molecule has 102 valence electrons. The van der Waals surface area contributed by atoms with Gasteiger partial charge in [-0.1, -0.05) is 0 Å². The van der Waals surface area contributed by atoms with E-state index in [9.17, 15) is 9.59 Å². The fourth-order valence-corrected chi connectivity index (χ4v) is 2.56. The lowest BCUT2D eigenvalue weighted by molar-refractivity contribution is -0.143. The number of hydrogen-bond donors (Lipinski definition) is 3. The lowest BCUT2D eigenvalue weighted by atomic mass is 9.97. The molecule has 0 aromatic heterocycles. The van der Waals surface area contributed by atoms with Crippen LogP contribution in [0.5, 0.6) is 0 Å². The van der Waals surface area contributed by atoms with Crippen LogP contribution >= 0.6 is 0 Å². The van der Waals surface area contributed by atoms with Gasteiger partial charge >= 0.3 is 12.0 Å². The normalized spacial score (nSPS) is 22.8. The number of rotatable bonds is 2. The minimum Gasteiger partial charge on any atom is -0.481 e. The van der Waals surface area contributed by atoms with Crippen molar-refractivity contribution in [1.82, 2.24) is 15.5 Å². The van der Waals surface area contributed by atoms with Gasteiger partial charge in [0, 0.05) is 19.1 Å². The molecule has 2 amide bonds. The highest BCUT2D eigenvalue weighted by molar-refractivity contribution is 5.75. The van der Waals surface area contributed by atoms with Gasteiger partial charge in [-0.2, -0.15) is 0 Å². The van der Waals surface area contributed by atoms with Crippen molar-refractivity contribution in [1.29, 1.82) is 0 Å². The minimum absolute atomic E-state index is 0.0364. The summed E-state index contributed by atoms with van der Waals surface area (Å²) in [6.45, 7) is 3.00. The number of piperidine rings is 2. The predicted octanol–water partition coefficient (Wildman–Crippen LogP) is 0.245. The Labute approximate surface area is 107 Å². The zero-order chi connectivity index (χ0) is 13.0. The number of aliphatic carboxylic acids is 1. The maximum absolute atomic E-state index is 12.0. The smallest absolute Gasteiger partial charge is 0.317 e. The molecule has 2 rings (SSSR count). The third-order valence-corrected chi connectivity index (χ3v) is 3.80. The molecule has 6 nitrogen and oxygen atoms in total. The maximum atomic E-state index is 12.0. The molecule has 2 saturated heterocycles. The third-order valence-electron chi connectivity index (χ3n) is 3.80. The second kappa shape index (κ2) is 6.04. The Morgan fingerprint density at radius 3 is 2.28 bits per heavy atom. The fourth-order valence-electron chi connectivity index (χ4n) is 2.56. The van der Waals surface area contributed by atoms with Crippen LogP contribution in [0.2, 0.25) is 0 Å². The quantitative estimate of drug-likeness (QED) is 0.660. The molecule has 0 saturated carbocycles. The zero-order valence-electron chi connectivity index (χ0n) is 10.5. The molecule has 3 N–H and O–H groups in total. The van der Waals surface area contributed by atoms with Crippen LogP contribution in [0.3, 0.4) is 0 Å². The van der Waals surface area contributed by atoms with E-state index >= 15 is 0 Å². The molecule has 0 spiro atoms. The van der Waals surface area contributed by atoms with Gasteiger partial charge in [-0.25, -0.2) is 4.79 Å². The van der Waals surface area contributed by atoms with Crippen molar-refractivity contribution in [3.05, 3.63) is 0 Å². The Balaban J connectivity index is 1.75.